The SMILES string of the molecule is CN=c1cc(N2CCOc3cc(C(=O)N4CCCC[C@H]4C)cnc32)ccn1C(=O)C(C)C. The highest BCUT2D eigenvalue weighted by atomic mass is 16.5. The highest BCUT2D eigenvalue weighted by molar-refractivity contribution is 5.95. The maximum Gasteiger partial charge on any atom is 0.255 e. The minimum atomic E-state index is -0.129. The number of carbonyl (C=O) groups excluding carboxylic acids is 2. The van der Waals surface area contributed by atoms with Gasteiger partial charge in [-0.2, -0.15) is 0 Å². The van der Waals surface area contributed by atoms with E-state index in [1.165, 1.54) is 0 Å². The second kappa shape index (κ2) is 9.14. The van der Waals surface area contributed by atoms with Gasteiger partial charge in [-0.05, 0) is 38.3 Å². The Kier molecular flexibility index (Phi) is 6.30. The van der Waals surface area contributed by atoms with Crippen molar-refractivity contribution in [1.82, 2.24) is 14.5 Å². The van der Waals surface area contributed by atoms with Gasteiger partial charge in [-0.25, -0.2) is 4.98 Å². The van der Waals surface area contributed by atoms with E-state index in [0.717, 1.165) is 31.5 Å². The first kappa shape index (κ1) is 22.0. The van der Waals surface area contributed by atoms with Crippen LogP contribution in [-0.2, 0) is 0 Å². The Hall–Kier alpha value is -3.16. The largest absolute Gasteiger partial charge is 0.488 e. The molecule has 2 aromatic heterocycles. The summed E-state index contributed by atoms with van der Waals surface area (Å²) in [4.78, 5) is 38.4. The number of fused-ring (bicyclic) bond motifs is 1. The van der Waals surface area contributed by atoms with Crippen LogP contribution in [0.2, 0.25) is 0 Å². The van der Waals surface area contributed by atoms with Crippen LogP contribution in [0.1, 0.15) is 55.2 Å². The molecule has 8 nitrogen and oxygen atoms in total. The second-order valence-electron chi connectivity index (χ2n) is 8.72. The standard InChI is InChI=1S/C24H31N5O3/c1-16(2)23(30)29-10-8-19(14-21(29)25-4)28-11-12-32-20-13-18(15-26-22(20)28)24(31)27-9-6-5-7-17(27)3/h8,10,13-17H,5-7,9,11-12H2,1-4H3/t17-/m1/s1. The lowest BCUT2D eigenvalue weighted by Crippen LogP contribution is -2.42. The van der Waals surface area contributed by atoms with Crippen molar-refractivity contribution in [3.63, 3.8) is 0 Å². The van der Waals surface area contributed by atoms with Crippen LogP contribution < -0.4 is 15.1 Å². The zero-order chi connectivity index (χ0) is 22.8. The first-order chi connectivity index (χ1) is 15.4. The van der Waals surface area contributed by atoms with Gasteiger partial charge >= 0.3 is 0 Å². The second-order valence-corrected chi connectivity index (χ2v) is 8.72. The molecular weight excluding hydrogens is 406 g/mol. The van der Waals surface area contributed by atoms with Gasteiger partial charge in [0.05, 0.1) is 12.1 Å². The lowest BCUT2D eigenvalue weighted by atomic mass is 10.0. The molecule has 0 unspecified atom stereocenters. The van der Waals surface area contributed by atoms with Crippen LogP contribution in [0.15, 0.2) is 35.6 Å². The number of anilines is 2. The lowest BCUT2D eigenvalue weighted by Gasteiger charge is -2.34. The maximum atomic E-state index is 13.1. The summed E-state index contributed by atoms with van der Waals surface area (Å²) < 4.78 is 7.45. The number of aromatic nitrogens is 2. The Balaban J connectivity index is 1.65. The monoisotopic (exact) mass is 437 g/mol. The Bertz CT molecular complexity index is 1090. The molecule has 1 amide bonds. The fourth-order valence-corrected chi connectivity index (χ4v) is 4.31. The molecule has 0 spiro atoms. The van der Waals surface area contributed by atoms with Crippen molar-refractivity contribution in [2.24, 2.45) is 10.9 Å². The first-order valence-corrected chi connectivity index (χ1v) is 11.3. The van der Waals surface area contributed by atoms with Crippen LogP contribution >= 0.6 is 0 Å². The molecule has 0 saturated carbocycles. The molecule has 0 N–H and O–H groups in total. The van der Waals surface area contributed by atoms with Gasteiger partial charge in [0, 0.05) is 49.7 Å². The van der Waals surface area contributed by atoms with Crippen LogP contribution in [-0.4, -0.2) is 59.1 Å². The van der Waals surface area contributed by atoms with Gasteiger partial charge < -0.3 is 14.5 Å². The number of rotatable bonds is 3. The van der Waals surface area contributed by atoms with Gasteiger partial charge in [0.2, 0.25) is 5.91 Å². The number of hydrogen-bond donors (Lipinski definition) is 0. The molecule has 0 aromatic carbocycles. The van der Waals surface area contributed by atoms with E-state index in [0.29, 0.717) is 35.8 Å². The van der Waals surface area contributed by atoms with Crippen molar-refractivity contribution in [3.8, 4) is 5.75 Å². The van der Waals surface area contributed by atoms with Crippen molar-refractivity contribution in [3.05, 3.63) is 41.6 Å². The highest BCUT2D eigenvalue weighted by Crippen LogP contribution is 2.35. The van der Waals surface area contributed by atoms with Crippen LogP contribution in [0.25, 0.3) is 0 Å². The molecule has 1 saturated heterocycles. The molecule has 4 rings (SSSR count). The van der Waals surface area contributed by atoms with Gasteiger partial charge in [-0.1, -0.05) is 13.8 Å². The number of amides is 1. The first-order valence-electron chi connectivity index (χ1n) is 11.3. The number of pyridine rings is 2. The molecule has 2 aliphatic heterocycles. The minimum absolute atomic E-state index is 0.00671. The van der Waals surface area contributed by atoms with E-state index < -0.39 is 0 Å². The van der Waals surface area contributed by atoms with Crippen LogP contribution in [0.3, 0.4) is 0 Å². The number of ether oxygens (including phenoxy) is 1. The molecule has 0 radical (unpaired) electrons. The predicted octanol–water partition coefficient (Wildman–Crippen LogP) is 3.25. The molecule has 0 bridgehead atoms. The van der Waals surface area contributed by atoms with Crippen molar-refractivity contribution in [1.29, 1.82) is 0 Å². The normalized spacial score (nSPS) is 19.0. The van der Waals surface area contributed by atoms with E-state index in [1.807, 2.05) is 35.8 Å². The van der Waals surface area contributed by atoms with E-state index >= 15 is 0 Å². The Morgan fingerprint density at radius 3 is 2.75 bits per heavy atom. The van der Waals surface area contributed by atoms with Crippen LogP contribution in [0.4, 0.5) is 11.5 Å². The molecule has 170 valence electrons. The zero-order valence-electron chi connectivity index (χ0n) is 19.2. The molecule has 2 aliphatic rings. The molecule has 2 aromatic rings. The number of hydrogen-bond acceptors (Lipinski definition) is 6. The highest BCUT2D eigenvalue weighted by Gasteiger charge is 2.27. The van der Waals surface area contributed by atoms with Gasteiger partial charge in [0.1, 0.15) is 12.1 Å². The Labute approximate surface area is 188 Å². The number of nitrogens with zero attached hydrogens (tertiary/aromatic N) is 5. The number of carbonyl (C=O) groups is 2. The summed E-state index contributed by atoms with van der Waals surface area (Å²) in [6, 6.07) is 5.81. The average molecular weight is 438 g/mol. The fraction of sp³-hybridized carbons (Fsp3) is 0.500. The zero-order valence-corrected chi connectivity index (χ0v) is 19.2. The summed E-state index contributed by atoms with van der Waals surface area (Å²) >= 11 is 0. The summed E-state index contributed by atoms with van der Waals surface area (Å²) in [6.45, 7) is 7.71. The summed E-state index contributed by atoms with van der Waals surface area (Å²) in [6.07, 6.45) is 6.63. The van der Waals surface area contributed by atoms with Crippen molar-refractivity contribution in [2.45, 2.75) is 46.1 Å². The van der Waals surface area contributed by atoms with Crippen molar-refractivity contribution >= 4 is 23.3 Å². The van der Waals surface area contributed by atoms with Gasteiger partial charge in [0.25, 0.3) is 5.91 Å². The predicted molar refractivity (Wildman–Crippen MR) is 122 cm³/mol. The third-order valence-corrected chi connectivity index (χ3v) is 6.16. The van der Waals surface area contributed by atoms with E-state index in [-0.39, 0.29) is 23.8 Å². The molecule has 32 heavy (non-hydrogen) atoms. The maximum absolute atomic E-state index is 13.1. The number of likely N-dealkylation sites (tertiary alicyclic amines) is 1. The van der Waals surface area contributed by atoms with Gasteiger partial charge in [-0.15, -0.1) is 0 Å². The van der Waals surface area contributed by atoms with E-state index in [2.05, 4.69) is 16.9 Å². The summed E-state index contributed by atoms with van der Waals surface area (Å²) in [5.74, 6) is 1.13. The average Bonchev–Trinajstić information content (AvgIpc) is 2.82. The van der Waals surface area contributed by atoms with E-state index in [9.17, 15) is 9.59 Å². The third kappa shape index (κ3) is 4.13. The smallest absolute Gasteiger partial charge is 0.255 e. The summed E-state index contributed by atoms with van der Waals surface area (Å²) in [5, 5.41) is 0. The summed E-state index contributed by atoms with van der Waals surface area (Å²) in [5.41, 5.74) is 2.01. The molecule has 1 atom stereocenters. The van der Waals surface area contributed by atoms with Gasteiger partial charge in [0.15, 0.2) is 11.6 Å². The van der Waals surface area contributed by atoms with E-state index in [4.69, 9.17) is 4.74 Å². The molecule has 4 heterocycles. The Morgan fingerprint density at radius 2 is 2.03 bits per heavy atom. The third-order valence-electron chi connectivity index (χ3n) is 6.16. The van der Waals surface area contributed by atoms with E-state index in [1.54, 1.807) is 30.1 Å². The topological polar surface area (TPSA) is 80.0 Å². The van der Waals surface area contributed by atoms with Gasteiger partial charge in [-0.3, -0.25) is 19.1 Å². The molecular formula is C24H31N5O3. The van der Waals surface area contributed by atoms with Crippen molar-refractivity contribution < 1.29 is 14.3 Å². The molecule has 0 aliphatic carbocycles. The summed E-state index contributed by atoms with van der Waals surface area (Å²) in [7, 11) is 1.67. The minimum Gasteiger partial charge on any atom is -0.488 e. The number of piperidine rings is 1. The lowest BCUT2D eigenvalue weighted by molar-refractivity contribution is 0.0634. The van der Waals surface area contributed by atoms with Crippen LogP contribution in [0, 0.1) is 5.92 Å². The molecule has 1 fully saturated rings. The quantitative estimate of drug-likeness (QED) is 0.736. The molecule has 8 heteroatoms. The van der Waals surface area contributed by atoms with Crippen molar-refractivity contribution in [2.75, 3.05) is 31.6 Å². The Morgan fingerprint density at radius 1 is 1.22 bits per heavy atom. The van der Waals surface area contributed by atoms with Crippen LogP contribution in [0.5, 0.6) is 5.75 Å². The fourth-order valence-electron chi connectivity index (χ4n) is 4.31.